The number of rotatable bonds is 8. The van der Waals surface area contributed by atoms with Crippen molar-refractivity contribution in [3.8, 4) is 11.5 Å². The second kappa shape index (κ2) is 8.76. The van der Waals surface area contributed by atoms with Gasteiger partial charge in [-0.25, -0.2) is 9.97 Å². The number of hydrogen-bond acceptors (Lipinski definition) is 6. The Morgan fingerprint density at radius 1 is 1.12 bits per heavy atom. The highest BCUT2D eigenvalue weighted by Crippen LogP contribution is 2.37. The molecule has 0 aliphatic carbocycles. The number of benzene rings is 1. The van der Waals surface area contributed by atoms with E-state index in [2.05, 4.69) is 27.1 Å². The summed E-state index contributed by atoms with van der Waals surface area (Å²) in [4.78, 5) is 11.1. The third-order valence-electron chi connectivity index (χ3n) is 3.80. The molecule has 1 aromatic heterocycles. The van der Waals surface area contributed by atoms with E-state index >= 15 is 0 Å². The SMILES string of the molecule is CCCCN(C)c1cc(Nc2cc(OC)c(Cl)cc2OC)nc(C)n1. The molecule has 6 nitrogen and oxygen atoms in total. The van der Waals surface area contributed by atoms with E-state index < -0.39 is 0 Å². The molecule has 2 aromatic rings. The number of methoxy groups -OCH3 is 2. The lowest BCUT2D eigenvalue weighted by Crippen LogP contribution is -2.20. The largest absolute Gasteiger partial charge is 0.495 e. The number of unbranched alkanes of at least 4 members (excludes halogenated alkanes) is 1. The number of ether oxygens (including phenoxy) is 2. The first-order valence-corrected chi connectivity index (χ1v) is 8.61. The highest BCUT2D eigenvalue weighted by molar-refractivity contribution is 6.32. The first-order valence-electron chi connectivity index (χ1n) is 8.23. The first kappa shape index (κ1) is 19.1. The van der Waals surface area contributed by atoms with E-state index in [-0.39, 0.29) is 0 Å². The van der Waals surface area contributed by atoms with Crippen LogP contribution in [0.4, 0.5) is 17.3 Å². The average molecular weight is 365 g/mol. The third-order valence-corrected chi connectivity index (χ3v) is 4.09. The van der Waals surface area contributed by atoms with E-state index in [1.54, 1.807) is 26.4 Å². The van der Waals surface area contributed by atoms with Gasteiger partial charge in [-0.05, 0) is 13.3 Å². The molecule has 0 aliphatic rings. The maximum absolute atomic E-state index is 6.16. The molecule has 0 spiro atoms. The number of aryl methyl sites for hydroxylation is 1. The van der Waals surface area contributed by atoms with Crippen LogP contribution >= 0.6 is 11.6 Å². The van der Waals surface area contributed by atoms with Gasteiger partial charge in [0.05, 0.1) is 24.9 Å². The van der Waals surface area contributed by atoms with E-state index in [4.69, 9.17) is 21.1 Å². The van der Waals surface area contributed by atoms with Crippen LogP contribution in [0.15, 0.2) is 18.2 Å². The minimum Gasteiger partial charge on any atom is -0.495 e. The summed E-state index contributed by atoms with van der Waals surface area (Å²) < 4.78 is 10.7. The summed E-state index contributed by atoms with van der Waals surface area (Å²) in [5, 5.41) is 3.77. The summed E-state index contributed by atoms with van der Waals surface area (Å²) in [6, 6.07) is 5.42. The van der Waals surface area contributed by atoms with Crippen LogP contribution in [0.5, 0.6) is 11.5 Å². The number of halogens is 1. The maximum Gasteiger partial charge on any atom is 0.144 e. The summed E-state index contributed by atoms with van der Waals surface area (Å²) in [5.41, 5.74) is 0.726. The summed E-state index contributed by atoms with van der Waals surface area (Å²) in [6.07, 6.45) is 2.26. The van der Waals surface area contributed by atoms with Gasteiger partial charge in [-0.1, -0.05) is 24.9 Å². The number of aromatic nitrogens is 2. The standard InChI is InChI=1S/C18H25ClN4O2/c1-6-7-8-23(3)18-11-17(20-12(2)21-18)22-14-10-15(24-4)13(19)9-16(14)25-5/h9-11H,6-8H2,1-5H3,(H,20,21,22). The second-order valence-electron chi connectivity index (χ2n) is 5.75. The molecule has 1 N–H and O–H groups in total. The molecular weight excluding hydrogens is 340 g/mol. The Labute approximate surface area is 154 Å². The predicted octanol–water partition coefficient (Wildman–Crippen LogP) is 4.44. The molecule has 136 valence electrons. The molecule has 0 amide bonds. The van der Waals surface area contributed by atoms with Gasteiger partial charge in [-0.15, -0.1) is 0 Å². The molecule has 2 rings (SSSR count). The maximum atomic E-state index is 6.16. The zero-order valence-corrected chi connectivity index (χ0v) is 16.1. The van der Waals surface area contributed by atoms with Crippen molar-refractivity contribution in [2.45, 2.75) is 26.7 Å². The lowest BCUT2D eigenvalue weighted by Gasteiger charge is -2.19. The van der Waals surface area contributed by atoms with E-state index in [1.165, 1.54) is 0 Å². The van der Waals surface area contributed by atoms with Gasteiger partial charge >= 0.3 is 0 Å². The Hall–Kier alpha value is -2.21. The van der Waals surface area contributed by atoms with Gasteiger partial charge in [0, 0.05) is 31.8 Å². The monoisotopic (exact) mass is 364 g/mol. The van der Waals surface area contributed by atoms with Crippen LogP contribution in [-0.4, -0.2) is 37.8 Å². The van der Waals surface area contributed by atoms with E-state index in [0.717, 1.165) is 30.9 Å². The van der Waals surface area contributed by atoms with E-state index in [0.29, 0.717) is 28.2 Å². The first-order chi connectivity index (χ1) is 12.0. The molecular formula is C18H25ClN4O2. The Bertz CT molecular complexity index is 724. The van der Waals surface area contributed by atoms with Crippen LogP contribution in [-0.2, 0) is 0 Å². The van der Waals surface area contributed by atoms with Crippen molar-refractivity contribution in [2.75, 3.05) is 38.0 Å². The molecule has 0 saturated carbocycles. The minimum absolute atomic E-state index is 0.490. The van der Waals surface area contributed by atoms with Crippen molar-refractivity contribution < 1.29 is 9.47 Å². The topological polar surface area (TPSA) is 59.5 Å². The van der Waals surface area contributed by atoms with Crippen molar-refractivity contribution in [3.05, 3.63) is 29.0 Å². The smallest absolute Gasteiger partial charge is 0.144 e. The van der Waals surface area contributed by atoms with Gasteiger partial charge in [-0.3, -0.25) is 0 Å². The number of nitrogens with zero attached hydrogens (tertiary/aromatic N) is 3. The highest BCUT2D eigenvalue weighted by Gasteiger charge is 2.12. The van der Waals surface area contributed by atoms with Crippen molar-refractivity contribution in [1.29, 1.82) is 0 Å². The number of nitrogens with one attached hydrogen (secondary N) is 1. The fourth-order valence-electron chi connectivity index (χ4n) is 2.42. The second-order valence-corrected chi connectivity index (χ2v) is 6.15. The summed E-state index contributed by atoms with van der Waals surface area (Å²) in [7, 11) is 5.21. The van der Waals surface area contributed by atoms with Gasteiger partial charge in [0.25, 0.3) is 0 Å². The average Bonchev–Trinajstić information content (AvgIpc) is 2.60. The van der Waals surface area contributed by atoms with Crippen LogP contribution in [0.3, 0.4) is 0 Å². The van der Waals surface area contributed by atoms with Gasteiger partial charge in [0.2, 0.25) is 0 Å². The van der Waals surface area contributed by atoms with Crippen molar-refractivity contribution in [3.63, 3.8) is 0 Å². The van der Waals surface area contributed by atoms with Crippen LogP contribution in [0.2, 0.25) is 5.02 Å². The molecule has 0 aliphatic heterocycles. The van der Waals surface area contributed by atoms with Gasteiger partial charge in [0.15, 0.2) is 0 Å². The fraction of sp³-hybridized carbons (Fsp3) is 0.444. The lowest BCUT2D eigenvalue weighted by atomic mass is 10.2. The van der Waals surface area contributed by atoms with Gasteiger partial charge in [-0.2, -0.15) is 0 Å². The highest BCUT2D eigenvalue weighted by atomic mass is 35.5. The quantitative estimate of drug-likeness (QED) is 0.747. The number of hydrogen-bond donors (Lipinski definition) is 1. The molecule has 0 saturated heterocycles. The zero-order valence-electron chi connectivity index (χ0n) is 15.4. The van der Waals surface area contributed by atoms with Gasteiger partial charge in [0.1, 0.15) is 29.0 Å². The lowest BCUT2D eigenvalue weighted by molar-refractivity contribution is 0.405. The predicted molar refractivity (Wildman–Crippen MR) is 103 cm³/mol. The van der Waals surface area contributed by atoms with Crippen molar-refractivity contribution >= 4 is 28.9 Å². The van der Waals surface area contributed by atoms with Crippen LogP contribution in [0.1, 0.15) is 25.6 Å². The third kappa shape index (κ3) is 4.89. The molecule has 0 atom stereocenters. The normalized spacial score (nSPS) is 10.5. The summed E-state index contributed by atoms with van der Waals surface area (Å²) in [5.74, 6) is 3.44. The molecule has 0 bridgehead atoms. The Morgan fingerprint density at radius 3 is 2.48 bits per heavy atom. The molecule has 1 heterocycles. The summed E-state index contributed by atoms with van der Waals surface area (Å²) >= 11 is 6.16. The molecule has 0 radical (unpaired) electrons. The zero-order chi connectivity index (χ0) is 18.4. The Balaban J connectivity index is 2.32. The molecule has 0 unspecified atom stereocenters. The molecule has 0 fully saturated rings. The Kier molecular flexibility index (Phi) is 6.70. The number of anilines is 3. The van der Waals surface area contributed by atoms with E-state index in [1.807, 2.05) is 20.0 Å². The van der Waals surface area contributed by atoms with Crippen molar-refractivity contribution in [2.24, 2.45) is 0 Å². The minimum atomic E-state index is 0.490. The molecule has 1 aromatic carbocycles. The van der Waals surface area contributed by atoms with Crippen molar-refractivity contribution in [1.82, 2.24) is 9.97 Å². The Morgan fingerprint density at radius 2 is 1.84 bits per heavy atom. The van der Waals surface area contributed by atoms with Crippen LogP contribution in [0.25, 0.3) is 0 Å². The van der Waals surface area contributed by atoms with Crippen LogP contribution in [0, 0.1) is 6.92 Å². The summed E-state index contributed by atoms with van der Waals surface area (Å²) in [6.45, 7) is 5.00. The molecule has 7 heteroatoms. The van der Waals surface area contributed by atoms with Crippen LogP contribution < -0.4 is 19.7 Å². The van der Waals surface area contributed by atoms with Gasteiger partial charge < -0.3 is 19.7 Å². The fourth-order valence-corrected chi connectivity index (χ4v) is 2.65. The van der Waals surface area contributed by atoms with E-state index in [9.17, 15) is 0 Å². The molecule has 25 heavy (non-hydrogen) atoms.